The SMILES string of the molecule is C[C@@H](C[NH+]1CCCC1)OC(=O)c1cccc(Br)c1. The van der Waals surface area contributed by atoms with Crippen LogP contribution in [0, 0.1) is 0 Å². The highest BCUT2D eigenvalue weighted by molar-refractivity contribution is 9.10. The molecule has 1 atom stereocenters. The van der Waals surface area contributed by atoms with Gasteiger partial charge in [0.1, 0.15) is 12.6 Å². The molecule has 1 aromatic carbocycles. The number of nitrogens with one attached hydrogen (secondary N) is 1. The normalized spacial score (nSPS) is 17.7. The number of carbonyl (C=O) groups excluding carboxylic acids is 1. The van der Waals surface area contributed by atoms with E-state index in [0.29, 0.717) is 5.56 Å². The number of ether oxygens (including phenoxy) is 1. The van der Waals surface area contributed by atoms with Crippen LogP contribution in [0.3, 0.4) is 0 Å². The first kappa shape index (κ1) is 13.6. The second kappa shape index (κ2) is 6.34. The monoisotopic (exact) mass is 312 g/mol. The van der Waals surface area contributed by atoms with E-state index in [1.807, 2.05) is 19.1 Å². The highest BCUT2D eigenvalue weighted by atomic mass is 79.9. The number of esters is 1. The van der Waals surface area contributed by atoms with Gasteiger partial charge in [-0.1, -0.05) is 22.0 Å². The van der Waals surface area contributed by atoms with Gasteiger partial charge in [-0.25, -0.2) is 4.79 Å². The van der Waals surface area contributed by atoms with Crippen LogP contribution in [0.5, 0.6) is 0 Å². The number of halogens is 1. The van der Waals surface area contributed by atoms with E-state index in [1.54, 1.807) is 17.0 Å². The van der Waals surface area contributed by atoms with Crippen LogP contribution in [-0.2, 0) is 4.74 Å². The molecular weight excluding hydrogens is 294 g/mol. The van der Waals surface area contributed by atoms with Gasteiger partial charge in [-0.15, -0.1) is 0 Å². The van der Waals surface area contributed by atoms with E-state index in [1.165, 1.54) is 25.9 Å². The molecule has 1 N–H and O–H groups in total. The van der Waals surface area contributed by atoms with Crippen molar-refractivity contribution in [1.29, 1.82) is 0 Å². The van der Waals surface area contributed by atoms with Crippen molar-refractivity contribution in [1.82, 2.24) is 0 Å². The van der Waals surface area contributed by atoms with Crippen molar-refractivity contribution >= 4 is 21.9 Å². The maximum atomic E-state index is 11.9. The number of carbonyl (C=O) groups is 1. The molecule has 1 fully saturated rings. The van der Waals surface area contributed by atoms with Gasteiger partial charge in [-0.2, -0.15) is 0 Å². The first-order valence-corrected chi connectivity index (χ1v) is 7.24. The summed E-state index contributed by atoms with van der Waals surface area (Å²) in [6, 6.07) is 7.31. The van der Waals surface area contributed by atoms with E-state index >= 15 is 0 Å². The molecule has 0 unspecified atom stereocenters. The summed E-state index contributed by atoms with van der Waals surface area (Å²) in [4.78, 5) is 13.5. The van der Waals surface area contributed by atoms with E-state index in [0.717, 1.165) is 11.0 Å². The van der Waals surface area contributed by atoms with E-state index in [4.69, 9.17) is 4.74 Å². The molecule has 0 amide bonds. The Balaban J connectivity index is 1.86. The molecule has 0 bridgehead atoms. The standard InChI is InChI=1S/C14H18BrNO2/c1-11(10-16-7-2-3-8-16)18-14(17)12-5-4-6-13(15)9-12/h4-6,9,11H,2-3,7-8,10H2,1H3/p+1/t11-/m0/s1. The average molecular weight is 313 g/mol. The van der Waals surface area contributed by atoms with E-state index < -0.39 is 0 Å². The largest absolute Gasteiger partial charge is 0.453 e. The quantitative estimate of drug-likeness (QED) is 0.857. The summed E-state index contributed by atoms with van der Waals surface area (Å²) in [6.07, 6.45) is 2.56. The third-order valence-corrected chi connectivity index (χ3v) is 3.75. The Morgan fingerprint density at radius 2 is 2.17 bits per heavy atom. The zero-order valence-electron chi connectivity index (χ0n) is 10.6. The zero-order valence-corrected chi connectivity index (χ0v) is 12.2. The molecule has 3 nitrogen and oxygen atoms in total. The van der Waals surface area contributed by atoms with Crippen LogP contribution in [0.15, 0.2) is 28.7 Å². The van der Waals surface area contributed by atoms with Crippen molar-refractivity contribution in [2.75, 3.05) is 19.6 Å². The molecule has 98 valence electrons. The van der Waals surface area contributed by atoms with Crippen LogP contribution < -0.4 is 4.90 Å². The fourth-order valence-electron chi connectivity index (χ4n) is 2.39. The lowest BCUT2D eigenvalue weighted by Gasteiger charge is -2.18. The Kier molecular flexibility index (Phi) is 4.78. The maximum Gasteiger partial charge on any atom is 0.338 e. The summed E-state index contributed by atoms with van der Waals surface area (Å²) < 4.78 is 6.37. The molecule has 0 spiro atoms. The predicted octanol–water partition coefficient (Wildman–Crippen LogP) is 1.67. The van der Waals surface area contributed by atoms with Crippen LogP contribution in [0.25, 0.3) is 0 Å². The van der Waals surface area contributed by atoms with Gasteiger partial charge in [0, 0.05) is 17.3 Å². The van der Waals surface area contributed by atoms with Gasteiger partial charge < -0.3 is 9.64 Å². The molecule has 0 radical (unpaired) electrons. The Morgan fingerprint density at radius 3 is 2.83 bits per heavy atom. The second-order valence-electron chi connectivity index (χ2n) is 4.89. The van der Waals surface area contributed by atoms with Gasteiger partial charge in [0.05, 0.1) is 18.7 Å². The topological polar surface area (TPSA) is 30.7 Å². The summed E-state index contributed by atoms with van der Waals surface area (Å²) >= 11 is 3.36. The Bertz CT molecular complexity index is 416. The number of hydrogen-bond donors (Lipinski definition) is 1. The smallest absolute Gasteiger partial charge is 0.338 e. The zero-order chi connectivity index (χ0) is 13.0. The van der Waals surface area contributed by atoms with Crippen molar-refractivity contribution in [3.05, 3.63) is 34.3 Å². The molecule has 4 heteroatoms. The lowest BCUT2D eigenvalue weighted by Crippen LogP contribution is -3.11. The molecule has 1 aliphatic rings. The molecule has 18 heavy (non-hydrogen) atoms. The highest BCUT2D eigenvalue weighted by Crippen LogP contribution is 2.13. The number of quaternary nitrogens is 1. The average Bonchev–Trinajstić information content (AvgIpc) is 2.81. The molecule has 1 saturated heterocycles. The van der Waals surface area contributed by atoms with Gasteiger partial charge >= 0.3 is 5.97 Å². The molecule has 0 aliphatic carbocycles. The van der Waals surface area contributed by atoms with Gasteiger partial charge in [-0.3, -0.25) is 0 Å². The van der Waals surface area contributed by atoms with Crippen LogP contribution in [-0.4, -0.2) is 31.7 Å². The van der Waals surface area contributed by atoms with Crippen LogP contribution in [0.4, 0.5) is 0 Å². The van der Waals surface area contributed by atoms with Crippen molar-refractivity contribution < 1.29 is 14.4 Å². The number of hydrogen-bond acceptors (Lipinski definition) is 2. The lowest BCUT2D eigenvalue weighted by molar-refractivity contribution is -0.890. The third-order valence-electron chi connectivity index (χ3n) is 3.26. The van der Waals surface area contributed by atoms with Gasteiger partial charge in [0.15, 0.2) is 0 Å². The molecular formula is C14H19BrNO2+. The maximum absolute atomic E-state index is 11.9. The number of benzene rings is 1. The Morgan fingerprint density at radius 1 is 1.44 bits per heavy atom. The minimum absolute atomic E-state index is 0.0235. The molecule has 0 aromatic heterocycles. The summed E-state index contributed by atoms with van der Waals surface area (Å²) in [5.41, 5.74) is 0.604. The molecule has 1 aromatic rings. The Hall–Kier alpha value is -0.870. The van der Waals surface area contributed by atoms with Gasteiger partial charge in [-0.05, 0) is 25.1 Å². The second-order valence-corrected chi connectivity index (χ2v) is 5.80. The fourth-order valence-corrected chi connectivity index (χ4v) is 2.79. The number of rotatable bonds is 4. The lowest BCUT2D eigenvalue weighted by atomic mass is 10.2. The third kappa shape index (κ3) is 3.82. The van der Waals surface area contributed by atoms with E-state index in [2.05, 4.69) is 15.9 Å². The molecule has 2 rings (SSSR count). The van der Waals surface area contributed by atoms with Crippen LogP contribution in [0.1, 0.15) is 30.1 Å². The Labute approximate surface area is 116 Å². The van der Waals surface area contributed by atoms with E-state index in [-0.39, 0.29) is 12.1 Å². The molecule has 0 saturated carbocycles. The summed E-state index contributed by atoms with van der Waals surface area (Å²) in [5, 5.41) is 0. The van der Waals surface area contributed by atoms with Gasteiger partial charge in [0.25, 0.3) is 0 Å². The van der Waals surface area contributed by atoms with Crippen molar-refractivity contribution in [2.24, 2.45) is 0 Å². The minimum atomic E-state index is -0.234. The molecule has 1 aliphatic heterocycles. The van der Waals surface area contributed by atoms with Gasteiger partial charge in [0.2, 0.25) is 0 Å². The van der Waals surface area contributed by atoms with Crippen LogP contribution in [0.2, 0.25) is 0 Å². The minimum Gasteiger partial charge on any atom is -0.453 e. The first-order valence-electron chi connectivity index (χ1n) is 6.45. The highest BCUT2D eigenvalue weighted by Gasteiger charge is 2.21. The predicted molar refractivity (Wildman–Crippen MR) is 73.8 cm³/mol. The van der Waals surface area contributed by atoms with Crippen LogP contribution >= 0.6 is 15.9 Å². The summed E-state index contributed by atoms with van der Waals surface area (Å²) in [7, 11) is 0. The fraction of sp³-hybridized carbons (Fsp3) is 0.500. The van der Waals surface area contributed by atoms with Crippen molar-refractivity contribution in [2.45, 2.75) is 25.9 Å². The van der Waals surface area contributed by atoms with Crippen molar-refractivity contribution in [3.8, 4) is 0 Å². The summed E-state index contributed by atoms with van der Waals surface area (Å²) in [6.45, 7) is 5.30. The molecule has 1 heterocycles. The summed E-state index contributed by atoms with van der Waals surface area (Å²) in [5.74, 6) is -0.234. The van der Waals surface area contributed by atoms with Crippen molar-refractivity contribution in [3.63, 3.8) is 0 Å². The van der Waals surface area contributed by atoms with E-state index in [9.17, 15) is 4.79 Å². The number of likely N-dealkylation sites (tertiary alicyclic amines) is 1. The first-order chi connectivity index (χ1) is 8.65.